The van der Waals surface area contributed by atoms with Crippen molar-refractivity contribution in [3.05, 3.63) is 52.6 Å². The molecule has 14 heteroatoms. The Kier molecular flexibility index (Phi) is 8.24. The van der Waals surface area contributed by atoms with Crippen LogP contribution in [-0.2, 0) is 26.1 Å². The quantitative estimate of drug-likeness (QED) is 0.172. The number of nitrogens with zero attached hydrogens (tertiary/aromatic N) is 1. The lowest BCUT2D eigenvalue weighted by Crippen LogP contribution is -2.60. The number of fused-ring (bicyclic) bond motifs is 3. The van der Waals surface area contributed by atoms with Crippen LogP contribution in [0.2, 0.25) is 0 Å². The van der Waals surface area contributed by atoms with Crippen molar-refractivity contribution in [2.45, 2.75) is 95.2 Å². The van der Waals surface area contributed by atoms with Gasteiger partial charge in [0.25, 0.3) is 5.79 Å². The van der Waals surface area contributed by atoms with Crippen LogP contribution in [0.4, 0.5) is 0 Å². The summed E-state index contributed by atoms with van der Waals surface area (Å²) >= 11 is 0. The Hall–Kier alpha value is -3.79. The number of guanidine groups is 1. The molecule has 2 aromatic rings. The van der Waals surface area contributed by atoms with Crippen molar-refractivity contribution in [2.75, 3.05) is 13.1 Å². The van der Waals surface area contributed by atoms with Crippen molar-refractivity contribution < 1.29 is 54.4 Å². The Morgan fingerprint density at radius 3 is 2.50 bits per heavy atom. The van der Waals surface area contributed by atoms with E-state index in [9.17, 15) is 30.6 Å². The molecule has 2 aromatic carbocycles. The molecular weight excluding hydrogens is 602 g/mol. The maximum absolute atomic E-state index is 11.3. The van der Waals surface area contributed by atoms with Crippen molar-refractivity contribution in [3.8, 4) is 28.7 Å². The molecule has 0 aromatic heterocycles. The molecule has 46 heavy (non-hydrogen) atoms. The van der Waals surface area contributed by atoms with E-state index < -0.39 is 54.1 Å². The van der Waals surface area contributed by atoms with E-state index in [0.717, 1.165) is 5.57 Å². The number of aliphatic imine (C=N–C) groups is 1. The van der Waals surface area contributed by atoms with Gasteiger partial charge in [0.2, 0.25) is 5.96 Å². The molecule has 0 saturated carbocycles. The number of hydrogen-bond acceptors (Lipinski definition) is 14. The maximum Gasteiger partial charge on any atom is 0.262 e. The van der Waals surface area contributed by atoms with Crippen LogP contribution in [0.15, 0.2) is 40.9 Å². The van der Waals surface area contributed by atoms with E-state index in [1.807, 2.05) is 33.8 Å². The lowest BCUT2D eigenvalue weighted by atomic mass is 9.76. The lowest BCUT2D eigenvalue weighted by molar-refractivity contribution is -0.310. The Morgan fingerprint density at radius 2 is 1.83 bits per heavy atom. The lowest BCUT2D eigenvalue weighted by Gasteiger charge is -2.43. The second-order valence-electron chi connectivity index (χ2n) is 12.9. The predicted octanol–water partition coefficient (Wildman–Crippen LogP) is 1.51. The van der Waals surface area contributed by atoms with Crippen LogP contribution in [0.3, 0.4) is 0 Å². The van der Waals surface area contributed by atoms with E-state index in [2.05, 4.69) is 15.8 Å². The third kappa shape index (κ3) is 5.38. The number of hydroxylamine groups is 1. The third-order valence-electron chi connectivity index (χ3n) is 9.15. The normalized spacial score (nSPS) is 32.7. The minimum Gasteiger partial charge on any atom is -0.507 e. The number of benzene rings is 2. The molecule has 1 saturated heterocycles. The number of hydrogen-bond donors (Lipinski definition) is 8. The van der Waals surface area contributed by atoms with Gasteiger partial charge in [-0.3, -0.25) is 0 Å². The van der Waals surface area contributed by atoms with Gasteiger partial charge in [-0.1, -0.05) is 17.7 Å². The average molecular weight is 644 g/mol. The fourth-order valence-electron chi connectivity index (χ4n) is 6.29. The molecule has 250 valence electrons. The number of rotatable bonds is 5. The Bertz CT molecular complexity index is 1560. The van der Waals surface area contributed by atoms with Gasteiger partial charge in [0, 0.05) is 30.2 Å². The molecule has 14 nitrogen and oxygen atoms in total. The molecule has 1 spiro atoms. The van der Waals surface area contributed by atoms with Gasteiger partial charge < -0.3 is 54.9 Å². The van der Waals surface area contributed by atoms with E-state index in [0.29, 0.717) is 40.7 Å². The summed E-state index contributed by atoms with van der Waals surface area (Å²) in [6.07, 6.45) is -6.45. The first-order valence-corrected chi connectivity index (χ1v) is 15.2. The number of ether oxygens (including phenoxy) is 4. The second-order valence-corrected chi connectivity index (χ2v) is 12.9. The molecule has 4 aliphatic heterocycles. The summed E-state index contributed by atoms with van der Waals surface area (Å²) < 4.78 is 24.9. The van der Waals surface area contributed by atoms with Crippen LogP contribution < -0.4 is 20.3 Å². The number of phenolic OH excluding ortho intramolecular Hbond substituents is 3. The topological polar surface area (TPSA) is 204 Å². The summed E-state index contributed by atoms with van der Waals surface area (Å²) in [4.78, 5) is 10.8. The standard InChI is InChI=1S/C32H41N3O11/c1-14(2)8-9-33-30-34-13-32(46-35-30)31(4,5)23-21(45-32)12-19(37)17-11-22(43-29-26(41)25(40)24(39)15(3)42-29)27(44-28(17)23)16-6-7-18(36)20(38)10-16/h6-8,10,12,15,22,24-27,29,36-41H,9,11,13H2,1-5H3,(H2,33,34,35)/t15-,22-,24-,25+,26+,27+,29-,32+/m0/s1. The molecule has 0 amide bonds. The van der Waals surface area contributed by atoms with Crippen LogP contribution >= 0.6 is 0 Å². The van der Waals surface area contributed by atoms with Crippen molar-refractivity contribution in [2.24, 2.45) is 4.99 Å². The predicted molar refractivity (Wildman–Crippen MR) is 163 cm³/mol. The highest BCUT2D eigenvalue weighted by Crippen LogP contribution is 2.58. The van der Waals surface area contributed by atoms with Gasteiger partial charge in [0.05, 0.1) is 11.5 Å². The molecule has 1 fully saturated rings. The van der Waals surface area contributed by atoms with Crippen molar-refractivity contribution in [1.82, 2.24) is 10.8 Å². The highest BCUT2D eigenvalue weighted by atomic mass is 16.8. The number of aliphatic hydroxyl groups excluding tert-OH is 3. The highest BCUT2D eigenvalue weighted by molar-refractivity contribution is 5.79. The van der Waals surface area contributed by atoms with Gasteiger partial charge in [0.15, 0.2) is 23.9 Å². The van der Waals surface area contributed by atoms with Gasteiger partial charge in [-0.2, -0.15) is 0 Å². The van der Waals surface area contributed by atoms with E-state index in [1.165, 1.54) is 18.2 Å². The fraction of sp³-hybridized carbons (Fsp3) is 0.531. The molecule has 0 bridgehead atoms. The van der Waals surface area contributed by atoms with E-state index in [4.69, 9.17) is 23.8 Å². The zero-order chi connectivity index (χ0) is 33.1. The first-order chi connectivity index (χ1) is 21.7. The van der Waals surface area contributed by atoms with E-state index in [-0.39, 0.29) is 30.2 Å². The van der Waals surface area contributed by atoms with Gasteiger partial charge >= 0.3 is 0 Å². The highest BCUT2D eigenvalue weighted by Gasteiger charge is 2.61. The summed E-state index contributed by atoms with van der Waals surface area (Å²) in [5.41, 5.74) is 4.56. The monoisotopic (exact) mass is 643 g/mol. The maximum atomic E-state index is 11.3. The van der Waals surface area contributed by atoms with E-state index in [1.54, 1.807) is 13.0 Å². The minimum atomic E-state index is -1.58. The van der Waals surface area contributed by atoms with Crippen LogP contribution in [0, 0.1) is 0 Å². The number of allylic oxidation sites excluding steroid dienone is 1. The number of nitrogens with one attached hydrogen (secondary N) is 2. The molecule has 4 heterocycles. The first kappa shape index (κ1) is 32.2. The summed E-state index contributed by atoms with van der Waals surface area (Å²) in [6.45, 7) is 10.1. The minimum absolute atomic E-state index is 0.0547. The molecule has 8 N–H and O–H groups in total. The van der Waals surface area contributed by atoms with Gasteiger partial charge in [-0.25, -0.2) is 15.3 Å². The van der Waals surface area contributed by atoms with E-state index >= 15 is 0 Å². The van der Waals surface area contributed by atoms with Crippen molar-refractivity contribution in [3.63, 3.8) is 0 Å². The number of phenols is 3. The molecule has 0 radical (unpaired) electrons. The van der Waals surface area contributed by atoms with Crippen molar-refractivity contribution in [1.29, 1.82) is 0 Å². The smallest absolute Gasteiger partial charge is 0.262 e. The second kappa shape index (κ2) is 11.8. The van der Waals surface area contributed by atoms with Crippen LogP contribution in [-0.4, -0.2) is 92.3 Å². The summed E-state index contributed by atoms with van der Waals surface area (Å²) in [6, 6.07) is 5.69. The zero-order valence-electron chi connectivity index (χ0n) is 26.2. The van der Waals surface area contributed by atoms with Crippen LogP contribution in [0.5, 0.6) is 28.7 Å². The molecule has 6 rings (SSSR count). The zero-order valence-corrected chi connectivity index (χ0v) is 26.2. The molecule has 0 unspecified atom stereocenters. The van der Waals surface area contributed by atoms with Gasteiger partial charge in [-0.15, -0.1) is 0 Å². The van der Waals surface area contributed by atoms with Crippen LogP contribution in [0.1, 0.15) is 57.4 Å². The molecule has 8 atom stereocenters. The molecule has 4 aliphatic rings. The van der Waals surface area contributed by atoms with Crippen LogP contribution in [0.25, 0.3) is 0 Å². The molecular formula is C32H41N3O11. The molecule has 0 aliphatic carbocycles. The van der Waals surface area contributed by atoms with Gasteiger partial charge in [0.1, 0.15) is 48.2 Å². The fourth-order valence-corrected chi connectivity index (χ4v) is 6.29. The SMILES string of the molecule is CC(C)=CCNC1=NC[C@]2(ON1)Oc1cc(O)c3c(c1C2(C)C)O[C@H](c1ccc(O)c(O)c1)[C@@H](O[C@@H]1O[C@@H](C)[C@H](O)[C@@H](O)[C@H]1O)C3. The average Bonchev–Trinajstić information content (AvgIpc) is 3.21. The van der Waals surface area contributed by atoms with Crippen molar-refractivity contribution >= 4 is 5.96 Å². The Morgan fingerprint density at radius 1 is 1.07 bits per heavy atom. The Balaban J connectivity index is 1.36. The third-order valence-corrected chi connectivity index (χ3v) is 9.15. The summed E-state index contributed by atoms with van der Waals surface area (Å²) in [7, 11) is 0. The summed E-state index contributed by atoms with van der Waals surface area (Å²) in [5, 5.41) is 66.0. The van der Waals surface area contributed by atoms with Gasteiger partial charge in [-0.05, 0) is 52.3 Å². The Labute approximate surface area is 265 Å². The number of aromatic hydroxyl groups is 3. The number of aliphatic hydroxyl groups is 3. The summed E-state index contributed by atoms with van der Waals surface area (Å²) in [5.74, 6) is -1.04. The largest absolute Gasteiger partial charge is 0.507 e. The first-order valence-electron chi connectivity index (χ1n) is 15.2.